The number of benzene rings is 1. The van der Waals surface area contributed by atoms with E-state index in [4.69, 9.17) is 4.74 Å². The molecule has 0 bridgehead atoms. The summed E-state index contributed by atoms with van der Waals surface area (Å²) < 4.78 is 5.28. The topological polar surface area (TPSA) is 104 Å². The van der Waals surface area contributed by atoms with Crippen molar-refractivity contribution in [2.75, 3.05) is 20.2 Å². The van der Waals surface area contributed by atoms with Gasteiger partial charge in [0, 0.05) is 38.9 Å². The number of hydrogen-bond donors (Lipinski definition) is 2. The fourth-order valence-electron chi connectivity index (χ4n) is 3.41. The van der Waals surface area contributed by atoms with Crippen LogP contribution < -0.4 is 15.6 Å². The molecule has 2 heterocycles. The van der Waals surface area contributed by atoms with Crippen LogP contribution in [0, 0.1) is 0 Å². The summed E-state index contributed by atoms with van der Waals surface area (Å²) in [6, 6.07) is 5.32. The van der Waals surface area contributed by atoms with E-state index in [-0.39, 0.29) is 29.8 Å². The van der Waals surface area contributed by atoms with Crippen molar-refractivity contribution in [2.24, 2.45) is 0 Å². The van der Waals surface area contributed by atoms with Crippen molar-refractivity contribution < 1.29 is 14.3 Å². The van der Waals surface area contributed by atoms with Gasteiger partial charge in [0.25, 0.3) is 5.56 Å². The van der Waals surface area contributed by atoms with E-state index in [9.17, 15) is 14.4 Å². The van der Waals surface area contributed by atoms with Gasteiger partial charge >= 0.3 is 0 Å². The average molecular weight is 372 g/mol. The Balaban J connectivity index is 1.62. The molecule has 2 aromatic rings. The summed E-state index contributed by atoms with van der Waals surface area (Å²) in [5, 5.41) is 3.36. The molecule has 0 saturated carbocycles. The minimum atomic E-state index is -0.238. The lowest BCUT2D eigenvalue weighted by Crippen LogP contribution is -2.46. The van der Waals surface area contributed by atoms with Crippen molar-refractivity contribution in [3.63, 3.8) is 0 Å². The number of methoxy groups -OCH3 is 1. The van der Waals surface area contributed by atoms with Crippen molar-refractivity contribution >= 4 is 22.7 Å². The molecular weight excluding hydrogens is 348 g/mol. The SMILES string of the molecule is COc1cccc2c(=O)[nH]c(CCC(=O)N3CCC(NC(C)=O)CC3)nc12. The van der Waals surface area contributed by atoms with Gasteiger partial charge in [0.2, 0.25) is 11.8 Å². The molecule has 0 atom stereocenters. The molecule has 144 valence electrons. The monoisotopic (exact) mass is 372 g/mol. The van der Waals surface area contributed by atoms with Crippen molar-refractivity contribution in [1.29, 1.82) is 0 Å². The highest BCUT2D eigenvalue weighted by molar-refractivity contribution is 5.83. The van der Waals surface area contributed by atoms with Gasteiger partial charge < -0.3 is 19.9 Å². The number of aromatic nitrogens is 2. The fourth-order valence-corrected chi connectivity index (χ4v) is 3.41. The number of ether oxygens (including phenoxy) is 1. The highest BCUT2D eigenvalue weighted by atomic mass is 16.5. The number of rotatable bonds is 5. The number of aromatic amines is 1. The Bertz CT molecular complexity index is 900. The smallest absolute Gasteiger partial charge is 0.258 e. The number of piperidine rings is 1. The predicted molar refractivity (Wildman–Crippen MR) is 101 cm³/mol. The van der Waals surface area contributed by atoms with Crippen LogP contribution in [-0.2, 0) is 16.0 Å². The van der Waals surface area contributed by atoms with Crippen LogP contribution in [0.4, 0.5) is 0 Å². The average Bonchev–Trinajstić information content (AvgIpc) is 2.66. The van der Waals surface area contributed by atoms with Crippen LogP contribution in [0.15, 0.2) is 23.0 Å². The predicted octanol–water partition coefficient (Wildman–Crippen LogP) is 0.991. The molecule has 0 spiro atoms. The van der Waals surface area contributed by atoms with Crippen LogP contribution in [0.1, 0.15) is 32.0 Å². The van der Waals surface area contributed by atoms with Crippen molar-refractivity contribution in [3.8, 4) is 5.75 Å². The summed E-state index contributed by atoms with van der Waals surface area (Å²) in [6.45, 7) is 2.75. The lowest BCUT2D eigenvalue weighted by Gasteiger charge is -2.32. The van der Waals surface area contributed by atoms with Gasteiger partial charge in [-0.25, -0.2) is 4.98 Å². The third kappa shape index (κ3) is 4.45. The number of nitrogens with zero attached hydrogens (tertiary/aromatic N) is 2. The van der Waals surface area contributed by atoms with Gasteiger partial charge in [-0.1, -0.05) is 6.07 Å². The molecule has 1 fully saturated rings. The lowest BCUT2D eigenvalue weighted by atomic mass is 10.0. The second-order valence-electron chi connectivity index (χ2n) is 6.72. The van der Waals surface area contributed by atoms with E-state index >= 15 is 0 Å². The molecule has 1 saturated heterocycles. The number of H-pyrrole nitrogens is 1. The molecule has 1 aliphatic heterocycles. The molecule has 0 radical (unpaired) electrons. The first-order chi connectivity index (χ1) is 13.0. The summed E-state index contributed by atoms with van der Waals surface area (Å²) in [7, 11) is 1.53. The van der Waals surface area contributed by atoms with Gasteiger partial charge in [0.1, 0.15) is 17.1 Å². The Morgan fingerprint density at radius 3 is 2.74 bits per heavy atom. The second kappa shape index (κ2) is 8.20. The van der Waals surface area contributed by atoms with Gasteiger partial charge in [-0.3, -0.25) is 14.4 Å². The summed E-state index contributed by atoms with van der Waals surface area (Å²) in [5.74, 6) is 0.991. The van der Waals surface area contributed by atoms with Crippen LogP contribution in [-0.4, -0.2) is 52.9 Å². The highest BCUT2D eigenvalue weighted by Gasteiger charge is 2.23. The lowest BCUT2D eigenvalue weighted by molar-refractivity contribution is -0.132. The van der Waals surface area contributed by atoms with Gasteiger partial charge in [-0.2, -0.15) is 0 Å². The third-order valence-electron chi connectivity index (χ3n) is 4.80. The number of likely N-dealkylation sites (tertiary alicyclic amines) is 1. The van der Waals surface area contributed by atoms with E-state index < -0.39 is 0 Å². The minimum absolute atomic E-state index is 0.0269. The first-order valence-electron chi connectivity index (χ1n) is 9.08. The Labute approximate surface area is 156 Å². The zero-order chi connectivity index (χ0) is 19.4. The van der Waals surface area contributed by atoms with Crippen molar-refractivity contribution in [1.82, 2.24) is 20.2 Å². The number of hydrogen-bond acceptors (Lipinski definition) is 5. The molecule has 8 nitrogen and oxygen atoms in total. The number of para-hydroxylation sites is 1. The molecule has 1 aromatic heterocycles. The molecule has 3 rings (SSSR count). The highest BCUT2D eigenvalue weighted by Crippen LogP contribution is 2.21. The summed E-state index contributed by atoms with van der Waals surface area (Å²) in [6.07, 6.45) is 2.14. The van der Waals surface area contributed by atoms with Crippen molar-refractivity contribution in [2.45, 2.75) is 38.6 Å². The molecule has 2 amide bonds. The number of fused-ring (bicyclic) bond motifs is 1. The van der Waals surface area contributed by atoms with E-state index in [2.05, 4.69) is 15.3 Å². The molecule has 0 unspecified atom stereocenters. The van der Waals surface area contributed by atoms with Gasteiger partial charge in [-0.05, 0) is 25.0 Å². The number of nitrogens with one attached hydrogen (secondary N) is 2. The number of aryl methyl sites for hydroxylation is 1. The molecule has 0 aliphatic carbocycles. The summed E-state index contributed by atoms with van der Waals surface area (Å²) in [4.78, 5) is 44.9. The van der Waals surface area contributed by atoms with E-state index in [1.54, 1.807) is 23.1 Å². The van der Waals surface area contributed by atoms with Crippen LogP contribution in [0.3, 0.4) is 0 Å². The fraction of sp³-hybridized carbons (Fsp3) is 0.474. The Kier molecular flexibility index (Phi) is 5.73. The normalized spacial score (nSPS) is 15.0. The van der Waals surface area contributed by atoms with E-state index in [0.29, 0.717) is 42.0 Å². The third-order valence-corrected chi connectivity index (χ3v) is 4.80. The molecule has 1 aliphatic rings. The number of carbonyl (C=O) groups excluding carboxylic acids is 2. The molecule has 8 heteroatoms. The Morgan fingerprint density at radius 1 is 1.33 bits per heavy atom. The zero-order valence-electron chi connectivity index (χ0n) is 15.6. The Hall–Kier alpha value is -2.90. The maximum atomic E-state index is 12.5. The van der Waals surface area contributed by atoms with Gasteiger partial charge in [-0.15, -0.1) is 0 Å². The quantitative estimate of drug-likeness (QED) is 0.814. The largest absolute Gasteiger partial charge is 0.494 e. The maximum absolute atomic E-state index is 12.5. The summed E-state index contributed by atoms with van der Waals surface area (Å²) >= 11 is 0. The van der Waals surface area contributed by atoms with Gasteiger partial charge in [0.05, 0.1) is 12.5 Å². The van der Waals surface area contributed by atoms with E-state index in [1.807, 2.05) is 0 Å². The van der Waals surface area contributed by atoms with E-state index in [0.717, 1.165) is 12.8 Å². The van der Waals surface area contributed by atoms with Gasteiger partial charge in [0.15, 0.2) is 0 Å². The maximum Gasteiger partial charge on any atom is 0.258 e. The first kappa shape index (κ1) is 18.9. The van der Waals surface area contributed by atoms with Crippen LogP contribution >= 0.6 is 0 Å². The van der Waals surface area contributed by atoms with Crippen LogP contribution in [0.5, 0.6) is 5.75 Å². The van der Waals surface area contributed by atoms with E-state index in [1.165, 1.54) is 14.0 Å². The standard InChI is InChI=1S/C19H24N4O4/c1-12(24)20-13-8-10-23(11-9-13)17(25)7-6-16-21-18-14(19(26)22-16)4-3-5-15(18)27-2/h3-5,13H,6-11H2,1-2H3,(H,20,24)(H,21,22,26). The molecule has 1 aromatic carbocycles. The van der Waals surface area contributed by atoms with Crippen molar-refractivity contribution in [3.05, 3.63) is 34.4 Å². The molecule has 27 heavy (non-hydrogen) atoms. The zero-order valence-corrected chi connectivity index (χ0v) is 15.6. The second-order valence-corrected chi connectivity index (χ2v) is 6.72. The first-order valence-corrected chi connectivity index (χ1v) is 9.08. The number of carbonyl (C=O) groups is 2. The van der Waals surface area contributed by atoms with Crippen LogP contribution in [0.2, 0.25) is 0 Å². The van der Waals surface area contributed by atoms with Crippen LogP contribution in [0.25, 0.3) is 10.9 Å². The minimum Gasteiger partial charge on any atom is -0.494 e. The number of amides is 2. The summed E-state index contributed by atoms with van der Waals surface area (Å²) in [5.41, 5.74) is 0.264. The molecular formula is C19H24N4O4. The Morgan fingerprint density at radius 2 is 2.07 bits per heavy atom. The molecule has 2 N–H and O–H groups in total.